The van der Waals surface area contributed by atoms with Crippen LogP contribution in [0.2, 0.25) is 0 Å². The normalized spacial score (nSPS) is 22.1. The molecule has 1 saturated carbocycles. The fourth-order valence-corrected chi connectivity index (χ4v) is 3.48. The second kappa shape index (κ2) is 7.97. The molecular weight excluding hydrogens is 347 g/mol. The van der Waals surface area contributed by atoms with Gasteiger partial charge in [-0.2, -0.15) is 0 Å². The van der Waals surface area contributed by atoms with E-state index >= 15 is 0 Å². The van der Waals surface area contributed by atoms with Crippen molar-refractivity contribution < 1.29 is 18.7 Å². The lowest BCUT2D eigenvalue weighted by Gasteiger charge is -2.26. The highest BCUT2D eigenvalue weighted by Gasteiger charge is 2.48. The molecule has 0 radical (unpaired) electrons. The fraction of sp³-hybridized carbons (Fsp3) is 0.619. The molecular formula is C21H29FN2O3. The Morgan fingerprint density at radius 2 is 2.07 bits per heavy atom. The van der Waals surface area contributed by atoms with Crippen molar-refractivity contribution in [3.05, 3.63) is 35.6 Å². The maximum Gasteiger partial charge on any atom is 0.242 e. The summed E-state index contributed by atoms with van der Waals surface area (Å²) < 4.78 is 19.4. The number of ether oxygens (including phenoxy) is 1. The number of benzene rings is 1. The van der Waals surface area contributed by atoms with E-state index in [2.05, 4.69) is 13.8 Å². The summed E-state index contributed by atoms with van der Waals surface area (Å²) in [5, 5.41) is 0. The SMILES string of the molecule is CC(C)CN1C[C@H](OCc2cccc(F)c2)CN(C(=O)C2(C)CC2)CC1=O. The van der Waals surface area contributed by atoms with Crippen LogP contribution in [0.25, 0.3) is 0 Å². The minimum atomic E-state index is -0.319. The molecule has 0 spiro atoms. The van der Waals surface area contributed by atoms with Crippen LogP contribution in [0.4, 0.5) is 4.39 Å². The molecule has 6 heteroatoms. The van der Waals surface area contributed by atoms with E-state index in [1.54, 1.807) is 15.9 Å². The quantitative estimate of drug-likeness (QED) is 0.767. The van der Waals surface area contributed by atoms with E-state index in [-0.39, 0.29) is 42.3 Å². The summed E-state index contributed by atoms with van der Waals surface area (Å²) in [4.78, 5) is 29.0. The lowest BCUT2D eigenvalue weighted by atomic mass is 10.1. The Labute approximate surface area is 160 Å². The predicted molar refractivity (Wildman–Crippen MR) is 100 cm³/mol. The Balaban J connectivity index is 1.72. The fourth-order valence-electron chi connectivity index (χ4n) is 3.48. The zero-order valence-corrected chi connectivity index (χ0v) is 16.4. The number of hydrogen-bond acceptors (Lipinski definition) is 3. The number of hydrogen-bond donors (Lipinski definition) is 0. The predicted octanol–water partition coefficient (Wildman–Crippen LogP) is 2.84. The van der Waals surface area contributed by atoms with E-state index in [0.29, 0.717) is 25.6 Å². The lowest BCUT2D eigenvalue weighted by Crippen LogP contribution is -2.43. The van der Waals surface area contributed by atoms with Crippen LogP contribution in [0, 0.1) is 17.2 Å². The summed E-state index contributed by atoms with van der Waals surface area (Å²) in [6.07, 6.45) is 1.46. The van der Waals surface area contributed by atoms with Crippen molar-refractivity contribution in [2.45, 2.75) is 46.3 Å². The molecule has 2 amide bonds. The number of amides is 2. The first kappa shape index (κ1) is 19.8. The molecule has 1 aliphatic heterocycles. The van der Waals surface area contributed by atoms with Crippen molar-refractivity contribution >= 4 is 11.8 Å². The Hall–Kier alpha value is -1.95. The zero-order valence-electron chi connectivity index (χ0n) is 16.4. The van der Waals surface area contributed by atoms with Gasteiger partial charge in [0, 0.05) is 25.0 Å². The summed E-state index contributed by atoms with van der Waals surface area (Å²) in [5.41, 5.74) is 0.425. The Bertz CT molecular complexity index is 702. The molecule has 1 heterocycles. The van der Waals surface area contributed by atoms with Crippen LogP contribution in [0.1, 0.15) is 39.2 Å². The highest BCUT2D eigenvalue weighted by atomic mass is 19.1. The summed E-state index contributed by atoms with van der Waals surface area (Å²) in [7, 11) is 0. The summed E-state index contributed by atoms with van der Waals surface area (Å²) in [6.45, 7) is 7.93. The minimum absolute atomic E-state index is 0.0295. The topological polar surface area (TPSA) is 49.9 Å². The summed E-state index contributed by atoms with van der Waals surface area (Å²) in [6, 6.07) is 6.31. The Kier molecular flexibility index (Phi) is 5.84. The van der Waals surface area contributed by atoms with Crippen molar-refractivity contribution in [3.8, 4) is 0 Å². The third-order valence-corrected chi connectivity index (χ3v) is 5.29. The van der Waals surface area contributed by atoms with E-state index < -0.39 is 0 Å². The molecule has 1 aliphatic carbocycles. The van der Waals surface area contributed by atoms with Crippen LogP contribution < -0.4 is 0 Å². The van der Waals surface area contributed by atoms with Gasteiger partial charge in [-0.25, -0.2) is 4.39 Å². The van der Waals surface area contributed by atoms with Gasteiger partial charge in [0.05, 0.1) is 19.3 Å². The Morgan fingerprint density at radius 3 is 2.70 bits per heavy atom. The molecule has 0 unspecified atom stereocenters. The molecule has 0 N–H and O–H groups in total. The molecule has 1 atom stereocenters. The second-order valence-corrected chi connectivity index (χ2v) is 8.50. The number of carbonyl (C=O) groups is 2. The smallest absolute Gasteiger partial charge is 0.242 e. The maximum atomic E-state index is 13.4. The molecule has 0 aromatic heterocycles. The van der Waals surface area contributed by atoms with Crippen LogP contribution >= 0.6 is 0 Å². The number of halogens is 1. The van der Waals surface area contributed by atoms with Gasteiger partial charge in [0.1, 0.15) is 5.82 Å². The molecule has 27 heavy (non-hydrogen) atoms. The largest absolute Gasteiger partial charge is 0.370 e. The molecule has 1 aromatic carbocycles. The van der Waals surface area contributed by atoms with Gasteiger partial charge in [-0.1, -0.05) is 32.9 Å². The van der Waals surface area contributed by atoms with E-state index in [0.717, 1.165) is 18.4 Å². The van der Waals surface area contributed by atoms with Gasteiger partial charge < -0.3 is 14.5 Å². The third kappa shape index (κ3) is 5.06. The van der Waals surface area contributed by atoms with Gasteiger partial charge in [-0.3, -0.25) is 9.59 Å². The maximum absolute atomic E-state index is 13.4. The summed E-state index contributed by atoms with van der Waals surface area (Å²) >= 11 is 0. The molecule has 0 bridgehead atoms. The Morgan fingerprint density at radius 1 is 1.33 bits per heavy atom. The standard InChI is InChI=1S/C21H29FN2O3/c1-15(2)10-23-11-18(27-14-16-5-4-6-17(22)9-16)12-24(13-19(23)25)20(26)21(3)7-8-21/h4-6,9,15,18H,7-8,10-14H2,1-3H3/t18-/m0/s1. The van der Waals surface area contributed by atoms with E-state index in [4.69, 9.17) is 4.74 Å². The van der Waals surface area contributed by atoms with Gasteiger partial charge in [-0.05, 0) is 36.5 Å². The van der Waals surface area contributed by atoms with E-state index in [1.165, 1.54) is 12.1 Å². The molecule has 5 nitrogen and oxygen atoms in total. The van der Waals surface area contributed by atoms with Crippen molar-refractivity contribution in [1.82, 2.24) is 9.80 Å². The molecule has 148 valence electrons. The van der Waals surface area contributed by atoms with Crippen LogP contribution in [-0.2, 0) is 20.9 Å². The zero-order chi connectivity index (χ0) is 19.6. The average Bonchev–Trinajstić information content (AvgIpc) is 3.37. The molecule has 2 fully saturated rings. The monoisotopic (exact) mass is 376 g/mol. The van der Waals surface area contributed by atoms with Gasteiger partial charge in [0.25, 0.3) is 0 Å². The molecule has 2 aliphatic rings. The number of carbonyl (C=O) groups excluding carboxylic acids is 2. The lowest BCUT2D eigenvalue weighted by molar-refractivity contribution is -0.142. The molecule has 3 rings (SSSR count). The number of nitrogens with zero attached hydrogens (tertiary/aromatic N) is 2. The molecule has 1 aromatic rings. The second-order valence-electron chi connectivity index (χ2n) is 8.50. The average molecular weight is 376 g/mol. The number of rotatable bonds is 6. The minimum Gasteiger partial charge on any atom is -0.370 e. The van der Waals surface area contributed by atoms with Gasteiger partial charge in [-0.15, -0.1) is 0 Å². The first-order valence-corrected chi connectivity index (χ1v) is 9.70. The van der Waals surface area contributed by atoms with E-state index in [1.807, 2.05) is 13.0 Å². The summed E-state index contributed by atoms with van der Waals surface area (Å²) in [5.74, 6) is 0.0489. The van der Waals surface area contributed by atoms with Crippen LogP contribution in [0.5, 0.6) is 0 Å². The van der Waals surface area contributed by atoms with Crippen LogP contribution in [0.15, 0.2) is 24.3 Å². The van der Waals surface area contributed by atoms with Crippen molar-refractivity contribution in [2.24, 2.45) is 11.3 Å². The first-order chi connectivity index (χ1) is 12.8. The highest BCUT2D eigenvalue weighted by Crippen LogP contribution is 2.46. The van der Waals surface area contributed by atoms with Crippen molar-refractivity contribution in [2.75, 3.05) is 26.2 Å². The van der Waals surface area contributed by atoms with Crippen molar-refractivity contribution in [1.29, 1.82) is 0 Å². The van der Waals surface area contributed by atoms with Gasteiger partial charge in [0.15, 0.2) is 0 Å². The van der Waals surface area contributed by atoms with Crippen LogP contribution in [0.3, 0.4) is 0 Å². The first-order valence-electron chi connectivity index (χ1n) is 9.70. The highest BCUT2D eigenvalue weighted by molar-refractivity contribution is 5.89. The molecule has 1 saturated heterocycles. The van der Waals surface area contributed by atoms with Gasteiger partial charge in [0.2, 0.25) is 11.8 Å². The van der Waals surface area contributed by atoms with Crippen molar-refractivity contribution in [3.63, 3.8) is 0 Å². The van der Waals surface area contributed by atoms with E-state index in [9.17, 15) is 14.0 Å². The third-order valence-electron chi connectivity index (χ3n) is 5.29. The van der Waals surface area contributed by atoms with Crippen LogP contribution in [-0.4, -0.2) is 53.9 Å². The van der Waals surface area contributed by atoms with Gasteiger partial charge >= 0.3 is 0 Å².